The molecule has 2 rings (SSSR count). The SMILES string of the molecule is CCOc1ccc(CC(CNC(=O)c2coc(CN)c2)C(=O)OC)cc1.Cl. The predicted molar refractivity (Wildman–Crippen MR) is 103 cm³/mol. The van der Waals surface area contributed by atoms with Crippen molar-refractivity contribution in [3.63, 3.8) is 0 Å². The second-order valence-corrected chi connectivity index (χ2v) is 5.72. The molecule has 0 saturated heterocycles. The minimum absolute atomic E-state index is 0. The average Bonchev–Trinajstić information content (AvgIpc) is 3.15. The molecular formula is C19H25ClN2O5. The first-order valence-corrected chi connectivity index (χ1v) is 8.42. The Morgan fingerprint density at radius 2 is 1.96 bits per heavy atom. The number of carbonyl (C=O) groups excluding carboxylic acids is 2. The molecule has 1 amide bonds. The number of methoxy groups -OCH3 is 1. The lowest BCUT2D eigenvalue weighted by Crippen LogP contribution is -2.34. The van der Waals surface area contributed by atoms with E-state index >= 15 is 0 Å². The third-order valence-electron chi connectivity index (χ3n) is 3.88. The minimum Gasteiger partial charge on any atom is -0.494 e. The second-order valence-electron chi connectivity index (χ2n) is 5.72. The fraction of sp³-hybridized carbons (Fsp3) is 0.368. The van der Waals surface area contributed by atoms with E-state index < -0.39 is 5.92 Å². The van der Waals surface area contributed by atoms with Gasteiger partial charge in [0.2, 0.25) is 0 Å². The van der Waals surface area contributed by atoms with E-state index in [1.165, 1.54) is 13.4 Å². The molecule has 148 valence electrons. The largest absolute Gasteiger partial charge is 0.494 e. The molecule has 27 heavy (non-hydrogen) atoms. The van der Waals surface area contributed by atoms with Crippen molar-refractivity contribution >= 4 is 24.3 Å². The second kappa shape index (κ2) is 11.3. The molecule has 3 N–H and O–H groups in total. The molecule has 0 spiro atoms. The number of rotatable bonds is 9. The van der Waals surface area contributed by atoms with Gasteiger partial charge in [0, 0.05) is 6.54 Å². The number of halogens is 1. The van der Waals surface area contributed by atoms with E-state index in [9.17, 15) is 9.59 Å². The zero-order valence-electron chi connectivity index (χ0n) is 15.4. The fourth-order valence-electron chi connectivity index (χ4n) is 2.50. The summed E-state index contributed by atoms with van der Waals surface area (Å²) in [5.41, 5.74) is 6.78. The van der Waals surface area contributed by atoms with Crippen LogP contribution in [0.3, 0.4) is 0 Å². The maximum atomic E-state index is 12.2. The summed E-state index contributed by atoms with van der Waals surface area (Å²) in [5, 5.41) is 2.74. The lowest BCUT2D eigenvalue weighted by molar-refractivity contribution is -0.145. The fourth-order valence-corrected chi connectivity index (χ4v) is 2.50. The zero-order chi connectivity index (χ0) is 18.9. The first-order chi connectivity index (χ1) is 12.6. The summed E-state index contributed by atoms with van der Waals surface area (Å²) in [7, 11) is 1.33. The highest BCUT2D eigenvalue weighted by Gasteiger charge is 2.21. The van der Waals surface area contributed by atoms with Crippen LogP contribution in [0.15, 0.2) is 41.0 Å². The van der Waals surface area contributed by atoms with Crippen LogP contribution in [-0.4, -0.2) is 32.1 Å². The van der Waals surface area contributed by atoms with Gasteiger partial charge in [-0.3, -0.25) is 9.59 Å². The number of hydrogen-bond acceptors (Lipinski definition) is 6. The lowest BCUT2D eigenvalue weighted by atomic mass is 9.99. The molecule has 2 aromatic rings. The Morgan fingerprint density at radius 1 is 1.26 bits per heavy atom. The molecule has 0 aliphatic rings. The summed E-state index contributed by atoms with van der Waals surface area (Å²) < 4.78 is 15.4. The summed E-state index contributed by atoms with van der Waals surface area (Å²) >= 11 is 0. The normalized spacial score (nSPS) is 11.2. The quantitative estimate of drug-likeness (QED) is 0.630. The Labute approximate surface area is 164 Å². The van der Waals surface area contributed by atoms with Crippen LogP contribution in [0.1, 0.15) is 28.6 Å². The maximum absolute atomic E-state index is 12.2. The van der Waals surface area contributed by atoms with E-state index in [0.717, 1.165) is 11.3 Å². The van der Waals surface area contributed by atoms with Crippen LogP contribution in [0.5, 0.6) is 5.75 Å². The molecule has 0 fully saturated rings. The van der Waals surface area contributed by atoms with Crippen LogP contribution < -0.4 is 15.8 Å². The first kappa shape index (κ1) is 22.5. The third kappa shape index (κ3) is 6.62. The number of esters is 1. The van der Waals surface area contributed by atoms with Gasteiger partial charge in [-0.25, -0.2) is 0 Å². The van der Waals surface area contributed by atoms with Gasteiger partial charge in [-0.05, 0) is 37.1 Å². The molecule has 0 saturated carbocycles. The van der Waals surface area contributed by atoms with Crippen molar-refractivity contribution in [1.82, 2.24) is 5.32 Å². The van der Waals surface area contributed by atoms with Crippen LogP contribution >= 0.6 is 12.4 Å². The number of nitrogens with one attached hydrogen (secondary N) is 1. The summed E-state index contributed by atoms with van der Waals surface area (Å²) in [6, 6.07) is 9.07. The van der Waals surface area contributed by atoms with Gasteiger partial charge >= 0.3 is 5.97 Å². The molecule has 0 bridgehead atoms. The monoisotopic (exact) mass is 396 g/mol. The average molecular weight is 397 g/mol. The van der Waals surface area contributed by atoms with Crippen molar-refractivity contribution in [3.8, 4) is 5.75 Å². The Balaban J connectivity index is 0.00000364. The molecule has 0 aliphatic heterocycles. The van der Waals surface area contributed by atoms with Crippen LogP contribution in [-0.2, 0) is 22.5 Å². The number of carbonyl (C=O) groups is 2. The summed E-state index contributed by atoms with van der Waals surface area (Å²) in [6.45, 7) is 2.88. The van der Waals surface area contributed by atoms with Gasteiger partial charge in [0.25, 0.3) is 5.91 Å². The number of amides is 1. The number of benzene rings is 1. The van der Waals surface area contributed by atoms with Gasteiger partial charge in [0.15, 0.2) is 0 Å². The van der Waals surface area contributed by atoms with Crippen LogP contribution in [0.25, 0.3) is 0 Å². The molecule has 1 aromatic heterocycles. The highest BCUT2D eigenvalue weighted by Crippen LogP contribution is 2.16. The van der Waals surface area contributed by atoms with Gasteiger partial charge < -0.3 is 24.9 Å². The Morgan fingerprint density at radius 3 is 2.52 bits per heavy atom. The smallest absolute Gasteiger partial charge is 0.310 e. The highest BCUT2D eigenvalue weighted by atomic mass is 35.5. The number of nitrogens with two attached hydrogens (primary N) is 1. The molecule has 7 nitrogen and oxygen atoms in total. The number of hydrogen-bond donors (Lipinski definition) is 2. The van der Waals surface area contributed by atoms with E-state index in [0.29, 0.717) is 24.4 Å². The molecule has 1 unspecified atom stereocenters. The third-order valence-corrected chi connectivity index (χ3v) is 3.88. The topological polar surface area (TPSA) is 104 Å². The van der Waals surface area contributed by atoms with Crippen LogP contribution in [0.4, 0.5) is 0 Å². The van der Waals surface area contributed by atoms with Crippen molar-refractivity contribution in [1.29, 1.82) is 0 Å². The Hall–Kier alpha value is -2.51. The number of ether oxygens (including phenoxy) is 2. The summed E-state index contributed by atoms with van der Waals surface area (Å²) in [6.07, 6.45) is 1.79. The highest BCUT2D eigenvalue weighted by molar-refractivity contribution is 5.94. The van der Waals surface area contributed by atoms with Gasteiger partial charge in [0.05, 0.1) is 31.7 Å². The van der Waals surface area contributed by atoms with Crippen LogP contribution in [0, 0.1) is 5.92 Å². The minimum atomic E-state index is -0.497. The van der Waals surface area contributed by atoms with Crippen molar-refractivity contribution in [2.45, 2.75) is 19.9 Å². The van der Waals surface area contributed by atoms with E-state index in [2.05, 4.69) is 5.32 Å². The van der Waals surface area contributed by atoms with Crippen LogP contribution in [0.2, 0.25) is 0 Å². The number of furan rings is 1. The molecule has 1 aromatic carbocycles. The maximum Gasteiger partial charge on any atom is 0.310 e. The van der Waals surface area contributed by atoms with E-state index in [-0.39, 0.29) is 37.4 Å². The molecular weight excluding hydrogens is 372 g/mol. The lowest BCUT2D eigenvalue weighted by Gasteiger charge is -2.15. The van der Waals surface area contributed by atoms with Crippen molar-refractivity contribution in [2.24, 2.45) is 11.7 Å². The molecule has 1 atom stereocenters. The summed E-state index contributed by atoms with van der Waals surface area (Å²) in [4.78, 5) is 24.2. The van der Waals surface area contributed by atoms with Gasteiger partial charge in [-0.1, -0.05) is 12.1 Å². The molecule has 0 aliphatic carbocycles. The standard InChI is InChI=1S/C19H24N2O5.ClH/c1-3-25-16-6-4-13(5-7-16)8-14(19(23)24-2)11-21-18(22)15-9-17(10-20)26-12-15;/h4-7,9,12,14H,3,8,10-11,20H2,1-2H3,(H,21,22);1H. The Kier molecular flexibility index (Phi) is 9.39. The van der Waals surface area contributed by atoms with Crippen molar-refractivity contribution < 1.29 is 23.5 Å². The van der Waals surface area contributed by atoms with Gasteiger partial charge in [-0.2, -0.15) is 0 Å². The Bertz CT molecular complexity index is 730. The summed E-state index contributed by atoms with van der Waals surface area (Å²) in [5.74, 6) is 0.0924. The van der Waals surface area contributed by atoms with E-state index in [4.69, 9.17) is 19.6 Å². The van der Waals surface area contributed by atoms with Crippen molar-refractivity contribution in [2.75, 3.05) is 20.3 Å². The zero-order valence-corrected chi connectivity index (χ0v) is 16.2. The molecule has 0 radical (unpaired) electrons. The van der Waals surface area contributed by atoms with E-state index in [1.807, 2.05) is 31.2 Å². The first-order valence-electron chi connectivity index (χ1n) is 8.42. The van der Waals surface area contributed by atoms with E-state index in [1.54, 1.807) is 6.07 Å². The van der Waals surface area contributed by atoms with Gasteiger partial charge in [-0.15, -0.1) is 12.4 Å². The van der Waals surface area contributed by atoms with Gasteiger partial charge in [0.1, 0.15) is 17.8 Å². The molecule has 8 heteroatoms. The predicted octanol–water partition coefficient (Wildman–Crippen LogP) is 2.32. The molecule has 1 heterocycles. The van der Waals surface area contributed by atoms with Crippen molar-refractivity contribution in [3.05, 3.63) is 53.5 Å².